The average molecular weight is 330 g/mol. The summed E-state index contributed by atoms with van der Waals surface area (Å²) in [7, 11) is 0. The van der Waals surface area contributed by atoms with Gasteiger partial charge in [0, 0.05) is 18.7 Å². The van der Waals surface area contributed by atoms with Crippen LogP contribution in [0.25, 0.3) is 0 Å². The highest BCUT2D eigenvalue weighted by Crippen LogP contribution is 2.15. The third-order valence-electron chi connectivity index (χ3n) is 3.13. The molecule has 2 rings (SSSR count). The number of hydrogen-bond acceptors (Lipinski definition) is 5. The van der Waals surface area contributed by atoms with E-state index in [9.17, 15) is 19.8 Å². The third kappa shape index (κ3) is 5.36. The molecule has 7 heteroatoms. The quantitative estimate of drug-likeness (QED) is 0.681. The second kappa shape index (κ2) is 8.07. The van der Waals surface area contributed by atoms with Crippen molar-refractivity contribution < 1.29 is 29.1 Å². The number of anilines is 1. The molecule has 0 bridgehead atoms. The first-order chi connectivity index (χ1) is 11.4. The van der Waals surface area contributed by atoms with Crippen LogP contribution in [0.15, 0.2) is 48.8 Å². The van der Waals surface area contributed by atoms with Gasteiger partial charge in [0.2, 0.25) is 5.91 Å². The van der Waals surface area contributed by atoms with Crippen molar-refractivity contribution in [3.8, 4) is 5.75 Å². The van der Waals surface area contributed by atoms with Gasteiger partial charge in [0.05, 0.1) is 11.5 Å². The standard InChI is InChI=1S/C17H18N2O5/c1-12(20)18-14-4-6-16(7-5-14)24-11-15(21)10-19-8-2-3-13(9-19)17(22)23/h2-9,15,21H,10-11H2,1H3,(H-,18,20,22,23)/t15-/m0/s1. The zero-order valence-corrected chi connectivity index (χ0v) is 13.1. The Kier molecular flexibility index (Phi) is 5.86. The number of rotatable bonds is 7. The molecular formula is C17H18N2O5. The summed E-state index contributed by atoms with van der Waals surface area (Å²) in [4.78, 5) is 21.7. The van der Waals surface area contributed by atoms with Crippen molar-refractivity contribution in [1.29, 1.82) is 0 Å². The average Bonchev–Trinajstić information content (AvgIpc) is 2.54. The van der Waals surface area contributed by atoms with Crippen LogP contribution in [0.5, 0.6) is 5.75 Å². The molecule has 0 aliphatic heterocycles. The molecule has 7 nitrogen and oxygen atoms in total. The highest BCUT2D eigenvalue weighted by Gasteiger charge is 2.13. The van der Waals surface area contributed by atoms with Crippen LogP contribution in [0, 0.1) is 0 Å². The van der Waals surface area contributed by atoms with Crippen LogP contribution in [-0.2, 0) is 11.3 Å². The lowest BCUT2D eigenvalue weighted by Gasteiger charge is -2.11. The normalized spacial score (nSPS) is 11.6. The SMILES string of the molecule is CC(=O)Nc1ccc(OC[C@@H](O)C[n+]2cccc(C(=O)[O-])c2)cc1. The van der Waals surface area contributed by atoms with Gasteiger partial charge in [-0.1, -0.05) is 0 Å². The Morgan fingerprint density at radius 3 is 2.62 bits per heavy atom. The van der Waals surface area contributed by atoms with E-state index in [0.29, 0.717) is 11.4 Å². The number of aliphatic hydroxyl groups excluding tert-OH is 1. The first-order valence-corrected chi connectivity index (χ1v) is 7.33. The van der Waals surface area contributed by atoms with Crippen molar-refractivity contribution in [2.45, 2.75) is 19.6 Å². The molecule has 0 aliphatic rings. The molecular weight excluding hydrogens is 312 g/mol. The van der Waals surface area contributed by atoms with E-state index in [4.69, 9.17) is 4.74 Å². The predicted octanol–water partition coefficient (Wildman–Crippen LogP) is -0.264. The maximum absolute atomic E-state index is 10.9. The number of hydrogen-bond donors (Lipinski definition) is 2. The summed E-state index contributed by atoms with van der Waals surface area (Å²) in [6, 6.07) is 9.75. The Balaban J connectivity index is 1.86. The van der Waals surface area contributed by atoms with Gasteiger partial charge < -0.3 is 25.1 Å². The van der Waals surface area contributed by atoms with Gasteiger partial charge in [-0.25, -0.2) is 4.57 Å². The number of ether oxygens (including phenoxy) is 1. The highest BCUT2D eigenvalue weighted by molar-refractivity contribution is 5.88. The van der Waals surface area contributed by atoms with E-state index in [1.807, 2.05) is 0 Å². The second-order valence-corrected chi connectivity index (χ2v) is 5.25. The Morgan fingerprint density at radius 2 is 2.00 bits per heavy atom. The summed E-state index contributed by atoms with van der Waals surface area (Å²) in [6.45, 7) is 1.65. The largest absolute Gasteiger partial charge is 0.545 e. The monoisotopic (exact) mass is 330 g/mol. The Bertz CT molecular complexity index is 715. The zero-order valence-electron chi connectivity index (χ0n) is 13.1. The van der Waals surface area contributed by atoms with Crippen molar-refractivity contribution in [2.75, 3.05) is 11.9 Å². The molecule has 1 aromatic heterocycles. The minimum atomic E-state index is -1.27. The fraction of sp³-hybridized carbons (Fsp3) is 0.235. The molecule has 1 amide bonds. The van der Waals surface area contributed by atoms with Crippen LogP contribution < -0.4 is 19.7 Å². The van der Waals surface area contributed by atoms with Crippen LogP contribution in [-0.4, -0.2) is 29.7 Å². The maximum Gasteiger partial charge on any atom is 0.221 e. The van der Waals surface area contributed by atoms with Crippen LogP contribution in [0.2, 0.25) is 0 Å². The van der Waals surface area contributed by atoms with Crippen molar-refractivity contribution in [2.24, 2.45) is 0 Å². The molecule has 0 spiro atoms. The number of pyridine rings is 1. The number of carbonyl (C=O) groups is 2. The lowest BCUT2D eigenvalue weighted by atomic mass is 10.2. The number of benzene rings is 1. The maximum atomic E-state index is 10.9. The number of aromatic carboxylic acids is 1. The van der Waals surface area contributed by atoms with Crippen molar-refractivity contribution in [1.82, 2.24) is 0 Å². The molecule has 24 heavy (non-hydrogen) atoms. The Labute approximate surface area is 139 Å². The van der Waals surface area contributed by atoms with Gasteiger partial charge in [0.25, 0.3) is 0 Å². The Morgan fingerprint density at radius 1 is 1.29 bits per heavy atom. The minimum absolute atomic E-state index is 0.0409. The van der Waals surface area contributed by atoms with Gasteiger partial charge in [0.1, 0.15) is 18.5 Å². The molecule has 126 valence electrons. The molecule has 0 radical (unpaired) electrons. The molecule has 0 unspecified atom stereocenters. The summed E-state index contributed by atoms with van der Waals surface area (Å²) in [6.07, 6.45) is 2.22. The number of nitrogens with one attached hydrogen (secondary N) is 1. The summed E-state index contributed by atoms with van der Waals surface area (Å²) in [5, 5.41) is 23.5. The fourth-order valence-corrected chi connectivity index (χ4v) is 2.08. The van der Waals surface area contributed by atoms with E-state index >= 15 is 0 Å². The number of carbonyl (C=O) groups excluding carboxylic acids is 2. The van der Waals surface area contributed by atoms with Gasteiger partial charge >= 0.3 is 0 Å². The summed E-state index contributed by atoms with van der Waals surface area (Å²) >= 11 is 0. The number of carboxylic acids is 1. The molecule has 2 aromatic rings. The smallest absolute Gasteiger partial charge is 0.221 e. The predicted molar refractivity (Wildman–Crippen MR) is 83.2 cm³/mol. The highest BCUT2D eigenvalue weighted by atomic mass is 16.5. The number of aliphatic hydroxyl groups is 1. The van der Waals surface area contributed by atoms with Gasteiger partial charge in [-0.3, -0.25) is 4.79 Å². The summed E-state index contributed by atoms with van der Waals surface area (Å²) < 4.78 is 7.03. The van der Waals surface area contributed by atoms with E-state index in [1.54, 1.807) is 41.1 Å². The van der Waals surface area contributed by atoms with Crippen LogP contribution in [0.1, 0.15) is 17.3 Å². The van der Waals surface area contributed by atoms with Crippen molar-refractivity contribution in [3.05, 3.63) is 54.4 Å². The molecule has 0 saturated heterocycles. The van der Waals surface area contributed by atoms with Crippen LogP contribution in [0.4, 0.5) is 5.69 Å². The molecule has 2 N–H and O–H groups in total. The number of carboxylic acid groups (broad SMARTS) is 1. The van der Waals surface area contributed by atoms with Crippen LogP contribution in [0.3, 0.4) is 0 Å². The third-order valence-corrected chi connectivity index (χ3v) is 3.13. The number of nitrogens with zero attached hydrogens (tertiary/aromatic N) is 1. The summed E-state index contributed by atoms with van der Waals surface area (Å²) in [5.41, 5.74) is 0.698. The van der Waals surface area contributed by atoms with E-state index in [2.05, 4.69) is 5.32 Å². The van der Waals surface area contributed by atoms with E-state index in [1.165, 1.54) is 19.2 Å². The molecule has 1 aromatic carbocycles. The van der Waals surface area contributed by atoms with Crippen LogP contribution >= 0.6 is 0 Å². The van der Waals surface area contributed by atoms with Gasteiger partial charge in [-0.05, 0) is 30.3 Å². The minimum Gasteiger partial charge on any atom is -0.545 e. The number of amides is 1. The fourth-order valence-electron chi connectivity index (χ4n) is 2.08. The van der Waals surface area contributed by atoms with Crippen molar-refractivity contribution in [3.63, 3.8) is 0 Å². The molecule has 0 saturated carbocycles. The Hall–Kier alpha value is -2.93. The topological polar surface area (TPSA) is 103 Å². The molecule has 0 aliphatic carbocycles. The van der Waals surface area contributed by atoms with Gasteiger partial charge in [0.15, 0.2) is 18.9 Å². The van der Waals surface area contributed by atoms with E-state index < -0.39 is 12.1 Å². The van der Waals surface area contributed by atoms with Gasteiger partial charge in [-0.2, -0.15) is 0 Å². The summed E-state index contributed by atoms with van der Waals surface area (Å²) in [5.74, 6) is -0.874. The van der Waals surface area contributed by atoms with E-state index in [0.717, 1.165) is 0 Å². The lowest BCUT2D eigenvalue weighted by molar-refractivity contribution is -0.703. The molecule has 1 atom stereocenters. The van der Waals surface area contributed by atoms with Gasteiger partial charge in [-0.15, -0.1) is 0 Å². The lowest BCUT2D eigenvalue weighted by Crippen LogP contribution is -2.42. The number of aromatic nitrogens is 1. The van der Waals surface area contributed by atoms with E-state index in [-0.39, 0.29) is 24.6 Å². The van der Waals surface area contributed by atoms with Crippen molar-refractivity contribution >= 4 is 17.6 Å². The molecule has 1 heterocycles. The second-order valence-electron chi connectivity index (χ2n) is 5.25. The zero-order chi connectivity index (χ0) is 17.5. The molecule has 0 fully saturated rings. The first kappa shape index (κ1) is 17.4. The first-order valence-electron chi connectivity index (χ1n) is 7.33.